The van der Waals surface area contributed by atoms with Crippen molar-refractivity contribution >= 4 is 43.6 Å². The smallest absolute Gasteiger partial charge is 0.309 e. The van der Waals surface area contributed by atoms with Gasteiger partial charge in [-0.05, 0) is 77.4 Å². The molecule has 0 bridgehead atoms. The number of hydrogen-bond acceptors (Lipinski definition) is 2. The van der Waals surface area contributed by atoms with Crippen LogP contribution in [0.1, 0.15) is 11.1 Å². The zero-order valence-corrected chi connectivity index (χ0v) is 36.8. The number of fused-ring (bicyclic) bond motifs is 6. The first-order valence-corrected chi connectivity index (χ1v) is 22.5. The van der Waals surface area contributed by atoms with Crippen molar-refractivity contribution in [2.24, 2.45) is 0 Å². The minimum Gasteiger partial charge on any atom is -0.309 e. The van der Waals surface area contributed by atoms with Crippen LogP contribution in [0.2, 0.25) is 0 Å². The van der Waals surface area contributed by atoms with Gasteiger partial charge < -0.3 is 9.13 Å². The van der Waals surface area contributed by atoms with Crippen molar-refractivity contribution in [2.75, 3.05) is 0 Å². The Hall–Kier alpha value is -8.76. The lowest BCUT2D eigenvalue weighted by molar-refractivity contribution is -0.138. The third-order valence-corrected chi connectivity index (χ3v) is 13.1. The van der Waals surface area contributed by atoms with Gasteiger partial charge in [0.1, 0.15) is 0 Å². The van der Waals surface area contributed by atoms with E-state index in [2.05, 4.69) is 0 Å². The van der Waals surface area contributed by atoms with Gasteiger partial charge in [0.05, 0.1) is 56.0 Å². The lowest BCUT2D eigenvalue weighted by Crippen LogP contribution is -2.11. The van der Waals surface area contributed by atoms with Gasteiger partial charge in [-0.1, -0.05) is 146 Å². The van der Waals surface area contributed by atoms with Gasteiger partial charge in [0.15, 0.2) is 0 Å². The van der Waals surface area contributed by atoms with E-state index < -0.39 is 23.5 Å². The summed E-state index contributed by atoms with van der Waals surface area (Å²) in [4.78, 5) is 9.50. The van der Waals surface area contributed by atoms with Crippen LogP contribution in [0.3, 0.4) is 0 Å². The van der Waals surface area contributed by atoms with Crippen LogP contribution >= 0.6 is 0 Å². The maximum atomic E-state index is 15.7. The van der Waals surface area contributed by atoms with Crippen LogP contribution in [0.5, 0.6) is 0 Å². The first-order valence-electron chi connectivity index (χ1n) is 22.5. The van der Waals surface area contributed by atoms with Crippen LogP contribution < -0.4 is 0 Å². The van der Waals surface area contributed by atoms with Gasteiger partial charge in [0.2, 0.25) is 0 Å². The minimum absolute atomic E-state index is 0.0489. The highest BCUT2D eigenvalue weighted by molar-refractivity contribution is 6.13. The van der Waals surface area contributed by atoms with Gasteiger partial charge in [-0.2, -0.15) is 26.3 Å². The molecular weight excluding hydrogens is 891 g/mol. The van der Waals surface area contributed by atoms with Gasteiger partial charge in [-0.25, -0.2) is 0 Å². The van der Waals surface area contributed by atoms with Gasteiger partial charge in [-0.15, -0.1) is 0 Å². The normalized spacial score (nSPS) is 12.1. The van der Waals surface area contributed by atoms with Crippen LogP contribution in [-0.2, 0) is 12.4 Å². The second-order valence-electron chi connectivity index (χ2n) is 17.2. The molecule has 8 aromatic carbocycles. The summed E-state index contributed by atoms with van der Waals surface area (Å²) in [7, 11) is 0. The highest BCUT2D eigenvalue weighted by Gasteiger charge is 2.36. The molecule has 10 heteroatoms. The molecule has 0 saturated heterocycles. The molecule has 4 aromatic heterocycles. The van der Waals surface area contributed by atoms with E-state index in [-0.39, 0.29) is 22.5 Å². The number of para-hydroxylation sites is 2. The first-order chi connectivity index (χ1) is 34.0. The Morgan fingerprint density at radius 2 is 0.714 bits per heavy atom. The highest BCUT2D eigenvalue weighted by atomic mass is 19.4. The monoisotopic (exact) mass is 926 g/mol. The zero-order chi connectivity index (χ0) is 47.7. The average molecular weight is 927 g/mol. The number of nitrogens with zero attached hydrogens (tertiary/aromatic N) is 4. The number of alkyl halides is 6. The summed E-state index contributed by atoms with van der Waals surface area (Å²) >= 11 is 0. The molecule has 0 fully saturated rings. The Balaban J connectivity index is 1.16. The van der Waals surface area contributed by atoms with Crippen LogP contribution in [0.15, 0.2) is 219 Å². The van der Waals surface area contributed by atoms with Gasteiger partial charge >= 0.3 is 12.4 Å². The minimum atomic E-state index is -4.87. The summed E-state index contributed by atoms with van der Waals surface area (Å²) in [5, 5.41) is 3.00. The van der Waals surface area contributed by atoms with Crippen molar-refractivity contribution in [1.29, 1.82) is 0 Å². The molecule has 0 aliphatic heterocycles. The number of halogens is 6. The molecule has 12 rings (SSSR count). The van der Waals surface area contributed by atoms with E-state index >= 15 is 13.2 Å². The van der Waals surface area contributed by atoms with E-state index in [0.717, 1.165) is 90.6 Å². The summed E-state index contributed by atoms with van der Waals surface area (Å²) in [5.74, 6) is 0. The zero-order valence-electron chi connectivity index (χ0n) is 36.8. The largest absolute Gasteiger partial charge is 0.416 e. The van der Waals surface area contributed by atoms with Crippen molar-refractivity contribution in [1.82, 2.24) is 19.1 Å². The lowest BCUT2D eigenvalue weighted by atomic mass is 9.96. The predicted octanol–water partition coefficient (Wildman–Crippen LogP) is 17.0. The molecule has 0 radical (unpaired) electrons. The topological polar surface area (TPSA) is 35.6 Å². The Labute approximate surface area is 397 Å². The van der Waals surface area contributed by atoms with Gasteiger partial charge in [-0.3, -0.25) is 9.97 Å². The Bertz CT molecular complexity index is 3730. The van der Waals surface area contributed by atoms with Crippen molar-refractivity contribution in [3.05, 3.63) is 230 Å². The first kappa shape index (κ1) is 42.6. The van der Waals surface area contributed by atoms with Crippen LogP contribution in [0.25, 0.3) is 111 Å². The molecule has 0 unspecified atom stereocenters. The van der Waals surface area contributed by atoms with Crippen LogP contribution in [0.4, 0.5) is 26.3 Å². The van der Waals surface area contributed by atoms with Gasteiger partial charge in [0, 0.05) is 61.8 Å². The molecular formula is C60H36F6N4. The predicted molar refractivity (Wildman–Crippen MR) is 268 cm³/mol. The molecule has 0 saturated carbocycles. The molecule has 338 valence electrons. The van der Waals surface area contributed by atoms with E-state index in [0.29, 0.717) is 22.1 Å². The molecule has 0 N–H and O–H groups in total. The quantitative estimate of drug-likeness (QED) is 0.149. The van der Waals surface area contributed by atoms with E-state index in [1.54, 1.807) is 33.7 Å². The summed E-state index contributed by atoms with van der Waals surface area (Å²) in [5.41, 5.74) is 7.17. The van der Waals surface area contributed by atoms with Gasteiger partial charge in [0.25, 0.3) is 0 Å². The third kappa shape index (κ3) is 7.36. The van der Waals surface area contributed by atoms with Crippen molar-refractivity contribution in [3.8, 4) is 67.3 Å². The van der Waals surface area contributed by atoms with Crippen LogP contribution in [-0.4, -0.2) is 19.1 Å². The number of benzene rings is 8. The van der Waals surface area contributed by atoms with Crippen molar-refractivity contribution in [3.63, 3.8) is 0 Å². The molecule has 4 heterocycles. The molecule has 0 aliphatic carbocycles. The number of rotatable bonds is 7. The average Bonchev–Trinajstić information content (AvgIpc) is 3.90. The van der Waals surface area contributed by atoms with Crippen molar-refractivity contribution < 1.29 is 26.3 Å². The maximum absolute atomic E-state index is 15.7. The maximum Gasteiger partial charge on any atom is 0.416 e. The second kappa shape index (κ2) is 16.5. The molecule has 0 spiro atoms. The third-order valence-electron chi connectivity index (χ3n) is 13.1. The summed E-state index contributed by atoms with van der Waals surface area (Å²) < 4.78 is 95.0. The van der Waals surface area contributed by atoms with Crippen molar-refractivity contribution in [2.45, 2.75) is 12.4 Å². The lowest BCUT2D eigenvalue weighted by Gasteiger charge is -2.23. The highest BCUT2D eigenvalue weighted by Crippen LogP contribution is 2.47. The fraction of sp³-hybridized carbons (Fsp3) is 0.0333. The van der Waals surface area contributed by atoms with Crippen LogP contribution in [0, 0.1) is 0 Å². The fourth-order valence-electron chi connectivity index (χ4n) is 9.78. The van der Waals surface area contributed by atoms with E-state index in [1.165, 1.54) is 12.1 Å². The van der Waals surface area contributed by atoms with E-state index in [9.17, 15) is 13.2 Å². The molecule has 4 nitrogen and oxygen atoms in total. The Morgan fingerprint density at radius 1 is 0.300 bits per heavy atom. The Kier molecular flexibility index (Phi) is 10.0. The molecule has 12 aromatic rings. The molecule has 70 heavy (non-hydrogen) atoms. The van der Waals surface area contributed by atoms with E-state index in [4.69, 9.17) is 9.97 Å². The summed E-state index contributed by atoms with van der Waals surface area (Å²) in [6, 6.07) is 60.5. The standard InChI is InChI=1S/C60H36F6N4/c61-59(62,63)44-17-11-16-41(30-44)58-56(69-52-20-9-7-18-46(52)48-26-22-39(31-54(48)69)42-24-28-50(67-35-42)37-12-3-1-4-13-37)33-45(60(64,65)66)34-57(58)70-53-21-10-8-19-47(53)49-27-23-40(32-55(49)70)43-25-29-51(68-36-43)38-14-5-2-6-15-38/h1-36H. The molecule has 0 amide bonds. The fourth-order valence-corrected chi connectivity index (χ4v) is 9.78. The Morgan fingerprint density at radius 3 is 1.16 bits per heavy atom. The number of pyridine rings is 2. The number of hydrogen-bond donors (Lipinski definition) is 0. The SMILES string of the molecule is FC(F)(F)c1cccc(-c2c(-n3c4ccccc4c4ccc(-c5ccc(-c6ccccc6)nc5)cc43)cc(C(F)(F)F)cc2-n2c3ccccc3c3ccc(-c4ccc(-c5ccccc5)nc4)cc32)c1. The number of aromatic nitrogens is 4. The van der Waals surface area contributed by atoms with E-state index in [1.807, 2.05) is 158 Å². The summed E-state index contributed by atoms with van der Waals surface area (Å²) in [6.45, 7) is 0. The summed E-state index contributed by atoms with van der Waals surface area (Å²) in [6.07, 6.45) is -6.10. The second-order valence-corrected chi connectivity index (χ2v) is 17.2. The molecule has 0 atom stereocenters. The molecule has 0 aliphatic rings.